The molecule has 0 radical (unpaired) electrons. The highest BCUT2D eigenvalue weighted by molar-refractivity contribution is 5.41. The topological polar surface area (TPSA) is 72.7 Å². The molecule has 0 aromatic heterocycles. The van der Waals surface area contributed by atoms with E-state index in [-0.39, 0.29) is 17.5 Å². The van der Waals surface area contributed by atoms with E-state index in [1.807, 2.05) is 13.8 Å². The lowest BCUT2D eigenvalue weighted by atomic mass is 10.0. The normalized spacial score (nSPS) is 14.9. The number of aliphatic hydroxyl groups excluding tert-OH is 1. The third kappa shape index (κ3) is 2.84. The molecule has 0 aliphatic heterocycles. The number of hydrogen-bond acceptors (Lipinski definition) is 4. The molecule has 1 aromatic carbocycles. The minimum Gasteiger partial charge on any atom is -0.504 e. The van der Waals surface area contributed by atoms with Gasteiger partial charge in [-0.3, -0.25) is 0 Å². The van der Waals surface area contributed by atoms with Crippen molar-refractivity contribution in [2.24, 2.45) is 0 Å². The lowest BCUT2D eigenvalue weighted by Crippen LogP contribution is -2.31. The summed E-state index contributed by atoms with van der Waals surface area (Å²) in [7, 11) is 0. The van der Waals surface area contributed by atoms with Crippen LogP contribution >= 0.6 is 0 Å². The van der Waals surface area contributed by atoms with E-state index in [2.05, 4.69) is 5.32 Å². The molecule has 0 saturated carbocycles. The van der Waals surface area contributed by atoms with Crippen LogP contribution in [-0.4, -0.2) is 27.9 Å². The molecule has 0 fully saturated rings. The summed E-state index contributed by atoms with van der Waals surface area (Å²) in [6, 6.07) is 4.23. The fourth-order valence-electron chi connectivity index (χ4n) is 1.45. The molecule has 1 rings (SSSR count). The summed E-state index contributed by atoms with van der Waals surface area (Å²) >= 11 is 0. The summed E-state index contributed by atoms with van der Waals surface area (Å²) in [4.78, 5) is 0. The first-order valence-electron chi connectivity index (χ1n) is 4.99. The average Bonchev–Trinajstić information content (AvgIpc) is 2.21. The third-order valence-electron chi connectivity index (χ3n) is 2.34. The number of likely N-dealkylation sites (N-methyl/N-ethyl adjacent to an activating group) is 1. The van der Waals surface area contributed by atoms with Gasteiger partial charge >= 0.3 is 0 Å². The zero-order chi connectivity index (χ0) is 11.4. The first-order valence-corrected chi connectivity index (χ1v) is 4.99. The fourth-order valence-corrected chi connectivity index (χ4v) is 1.45. The first-order chi connectivity index (χ1) is 7.06. The molecule has 0 heterocycles. The summed E-state index contributed by atoms with van der Waals surface area (Å²) in [6.45, 7) is 4.58. The molecule has 4 heteroatoms. The Labute approximate surface area is 89.2 Å². The predicted molar refractivity (Wildman–Crippen MR) is 57.9 cm³/mol. The Bertz CT molecular complexity index is 328. The van der Waals surface area contributed by atoms with Crippen molar-refractivity contribution in [1.29, 1.82) is 0 Å². The van der Waals surface area contributed by atoms with E-state index in [0.717, 1.165) is 6.54 Å². The molecular formula is C11H17NO3. The van der Waals surface area contributed by atoms with Crippen molar-refractivity contribution in [3.05, 3.63) is 23.8 Å². The van der Waals surface area contributed by atoms with Crippen molar-refractivity contribution < 1.29 is 15.3 Å². The van der Waals surface area contributed by atoms with Gasteiger partial charge in [-0.05, 0) is 31.2 Å². The highest BCUT2D eigenvalue weighted by Gasteiger charge is 2.16. The lowest BCUT2D eigenvalue weighted by Gasteiger charge is -2.20. The van der Waals surface area contributed by atoms with Gasteiger partial charge in [0, 0.05) is 6.04 Å². The van der Waals surface area contributed by atoms with Crippen molar-refractivity contribution >= 4 is 0 Å². The van der Waals surface area contributed by atoms with Gasteiger partial charge in [0.2, 0.25) is 0 Å². The van der Waals surface area contributed by atoms with E-state index >= 15 is 0 Å². The number of rotatable bonds is 4. The Balaban J connectivity index is 2.81. The maximum atomic E-state index is 9.88. The van der Waals surface area contributed by atoms with Gasteiger partial charge in [-0.15, -0.1) is 0 Å². The van der Waals surface area contributed by atoms with Gasteiger partial charge in [-0.1, -0.05) is 13.0 Å². The monoisotopic (exact) mass is 211 g/mol. The molecule has 0 unspecified atom stereocenters. The zero-order valence-corrected chi connectivity index (χ0v) is 8.94. The second-order valence-electron chi connectivity index (χ2n) is 3.54. The molecule has 84 valence electrons. The summed E-state index contributed by atoms with van der Waals surface area (Å²) in [6.07, 6.45) is -0.698. The van der Waals surface area contributed by atoms with Gasteiger partial charge in [-0.2, -0.15) is 0 Å². The molecule has 4 nitrogen and oxygen atoms in total. The summed E-state index contributed by atoms with van der Waals surface area (Å²) < 4.78 is 0. The molecule has 0 aliphatic rings. The fraction of sp³-hybridized carbons (Fsp3) is 0.455. The van der Waals surface area contributed by atoms with Gasteiger partial charge in [-0.25, -0.2) is 0 Å². The number of phenolic OH excluding ortho intramolecular Hbond substituents is 2. The highest BCUT2D eigenvalue weighted by atomic mass is 16.3. The summed E-state index contributed by atoms with van der Waals surface area (Å²) in [5.74, 6) is -0.391. The average molecular weight is 211 g/mol. The predicted octanol–water partition coefficient (Wildman–Crippen LogP) is 1.13. The van der Waals surface area contributed by atoms with Crippen molar-refractivity contribution in [2.45, 2.75) is 26.0 Å². The van der Waals surface area contributed by atoms with Crippen LogP contribution in [0.25, 0.3) is 0 Å². The molecule has 2 atom stereocenters. The Morgan fingerprint density at radius 3 is 2.47 bits per heavy atom. The van der Waals surface area contributed by atoms with Crippen LogP contribution in [0.5, 0.6) is 11.5 Å². The molecule has 1 aromatic rings. The minimum atomic E-state index is -0.698. The van der Waals surface area contributed by atoms with Crippen LogP contribution in [-0.2, 0) is 0 Å². The molecule has 0 spiro atoms. The lowest BCUT2D eigenvalue weighted by molar-refractivity contribution is 0.137. The maximum Gasteiger partial charge on any atom is 0.157 e. The standard InChI is InChI=1S/C11H17NO3/c1-3-12-7(2)11(15)8-4-5-9(13)10(14)6-8/h4-7,11-15H,3H2,1-2H3/t7-,11+/m0/s1. The maximum absolute atomic E-state index is 9.88. The van der Waals surface area contributed by atoms with Crippen LogP contribution in [0.4, 0.5) is 0 Å². The van der Waals surface area contributed by atoms with Gasteiger partial charge in [0.25, 0.3) is 0 Å². The largest absolute Gasteiger partial charge is 0.504 e. The Hall–Kier alpha value is -1.26. The van der Waals surface area contributed by atoms with Crippen LogP contribution in [0.1, 0.15) is 25.5 Å². The van der Waals surface area contributed by atoms with E-state index in [1.54, 1.807) is 6.07 Å². The molecule has 0 amide bonds. The van der Waals surface area contributed by atoms with Crippen LogP contribution in [0.2, 0.25) is 0 Å². The second kappa shape index (κ2) is 5.00. The Kier molecular flexibility index (Phi) is 3.94. The van der Waals surface area contributed by atoms with E-state index in [9.17, 15) is 10.2 Å². The SMILES string of the molecule is CCN[C@@H](C)[C@@H](O)c1ccc(O)c(O)c1. The van der Waals surface area contributed by atoms with Crippen LogP contribution in [0.3, 0.4) is 0 Å². The zero-order valence-electron chi connectivity index (χ0n) is 8.94. The van der Waals surface area contributed by atoms with Gasteiger partial charge in [0.05, 0.1) is 6.10 Å². The van der Waals surface area contributed by atoms with Gasteiger partial charge in [0.15, 0.2) is 11.5 Å². The van der Waals surface area contributed by atoms with Crippen LogP contribution in [0, 0.1) is 0 Å². The first kappa shape index (κ1) is 11.8. The molecule has 4 N–H and O–H groups in total. The van der Waals surface area contributed by atoms with Crippen LogP contribution < -0.4 is 5.32 Å². The van der Waals surface area contributed by atoms with E-state index in [0.29, 0.717) is 5.56 Å². The van der Waals surface area contributed by atoms with E-state index in [4.69, 9.17) is 5.11 Å². The minimum absolute atomic E-state index is 0.0982. The van der Waals surface area contributed by atoms with Crippen molar-refractivity contribution in [3.8, 4) is 11.5 Å². The smallest absolute Gasteiger partial charge is 0.157 e. The van der Waals surface area contributed by atoms with Crippen molar-refractivity contribution in [3.63, 3.8) is 0 Å². The van der Waals surface area contributed by atoms with E-state index < -0.39 is 6.10 Å². The van der Waals surface area contributed by atoms with Crippen molar-refractivity contribution in [1.82, 2.24) is 5.32 Å². The number of aliphatic hydroxyl groups is 1. The molecule has 0 aliphatic carbocycles. The second-order valence-corrected chi connectivity index (χ2v) is 3.54. The number of phenols is 2. The highest BCUT2D eigenvalue weighted by Crippen LogP contribution is 2.28. The Morgan fingerprint density at radius 1 is 1.27 bits per heavy atom. The molecule has 0 saturated heterocycles. The quantitative estimate of drug-likeness (QED) is 0.563. The number of hydrogen-bond donors (Lipinski definition) is 4. The van der Waals surface area contributed by atoms with Gasteiger partial charge < -0.3 is 20.6 Å². The summed E-state index contributed by atoms with van der Waals surface area (Å²) in [5.41, 5.74) is 0.582. The molecular weight excluding hydrogens is 194 g/mol. The number of nitrogens with one attached hydrogen (secondary N) is 1. The van der Waals surface area contributed by atoms with Crippen LogP contribution in [0.15, 0.2) is 18.2 Å². The Morgan fingerprint density at radius 2 is 1.93 bits per heavy atom. The number of benzene rings is 1. The van der Waals surface area contributed by atoms with E-state index in [1.165, 1.54) is 12.1 Å². The number of aromatic hydroxyl groups is 2. The summed E-state index contributed by atoms with van der Waals surface area (Å²) in [5, 5.41) is 31.4. The third-order valence-corrected chi connectivity index (χ3v) is 2.34. The molecule has 15 heavy (non-hydrogen) atoms. The molecule has 0 bridgehead atoms. The van der Waals surface area contributed by atoms with Gasteiger partial charge in [0.1, 0.15) is 0 Å². The van der Waals surface area contributed by atoms with Crippen molar-refractivity contribution in [2.75, 3.05) is 6.54 Å².